The summed E-state index contributed by atoms with van der Waals surface area (Å²) >= 11 is 7.40. The smallest absolute Gasteiger partial charge is 0.272 e. The van der Waals surface area contributed by atoms with Crippen molar-refractivity contribution in [2.45, 2.75) is 0 Å². The van der Waals surface area contributed by atoms with Gasteiger partial charge < -0.3 is 0 Å². The van der Waals surface area contributed by atoms with Crippen LogP contribution in [0.15, 0.2) is 52.3 Å². The van der Waals surface area contributed by atoms with Crippen molar-refractivity contribution >= 4 is 43.2 Å². The maximum atomic E-state index is 12.3. The number of thiophene rings is 1. The zero-order chi connectivity index (χ0) is 15.3. The number of nitrogens with zero attached hydrogens (tertiary/aromatic N) is 2. The lowest BCUT2D eigenvalue weighted by molar-refractivity contribution is 0.942. The van der Waals surface area contributed by atoms with Gasteiger partial charge in [-0.1, -0.05) is 11.6 Å². The highest BCUT2D eigenvalue weighted by atomic mass is 35.5. The first-order valence-corrected chi connectivity index (χ1v) is 7.62. The van der Waals surface area contributed by atoms with Gasteiger partial charge in [-0.05, 0) is 30.3 Å². The molecule has 0 bridgehead atoms. The Balaban J connectivity index is 2.30. The molecule has 7 heteroatoms. The molecule has 4 rings (SSSR count). The monoisotopic (exact) mass is 329 g/mol. The van der Waals surface area contributed by atoms with Crippen molar-refractivity contribution < 1.29 is 0 Å². The lowest BCUT2D eigenvalue weighted by atomic mass is 10.2. The van der Waals surface area contributed by atoms with Crippen molar-refractivity contribution in [3.8, 4) is 5.69 Å². The van der Waals surface area contributed by atoms with Crippen LogP contribution in [-0.4, -0.2) is 14.5 Å². The second-order valence-electron chi connectivity index (χ2n) is 4.73. The van der Waals surface area contributed by atoms with Crippen LogP contribution in [0.2, 0.25) is 5.02 Å². The van der Waals surface area contributed by atoms with E-state index in [-0.39, 0.29) is 0 Å². The number of aromatic nitrogens is 3. The fourth-order valence-corrected chi connectivity index (χ4v) is 3.71. The Morgan fingerprint density at radius 3 is 2.86 bits per heavy atom. The largest absolute Gasteiger partial charge is 0.333 e. The average molecular weight is 330 g/mol. The van der Waals surface area contributed by atoms with Gasteiger partial charge >= 0.3 is 5.69 Å². The van der Waals surface area contributed by atoms with Crippen molar-refractivity contribution in [2.24, 2.45) is 0 Å². The zero-order valence-electron chi connectivity index (χ0n) is 11.0. The molecule has 1 aromatic carbocycles. The van der Waals surface area contributed by atoms with E-state index in [0.717, 1.165) is 10.1 Å². The summed E-state index contributed by atoms with van der Waals surface area (Å²) in [6, 6.07) is 8.88. The predicted octanol–water partition coefficient (Wildman–Crippen LogP) is 2.94. The van der Waals surface area contributed by atoms with Crippen LogP contribution < -0.4 is 11.2 Å². The van der Waals surface area contributed by atoms with E-state index in [0.29, 0.717) is 20.9 Å². The molecular weight excluding hydrogens is 322 g/mol. The molecule has 22 heavy (non-hydrogen) atoms. The van der Waals surface area contributed by atoms with E-state index in [1.54, 1.807) is 36.7 Å². The normalized spacial score (nSPS) is 11.3. The molecule has 0 spiro atoms. The zero-order valence-corrected chi connectivity index (χ0v) is 12.6. The van der Waals surface area contributed by atoms with Crippen molar-refractivity contribution in [1.29, 1.82) is 0 Å². The summed E-state index contributed by atoms with van der Waals surface area (Å²) in [5.74, 6) is 0. The molecule has 3 heterocycles. The van der Waals surface area contributed by atoms with Crippen molar-refractivity contribution in [3.05, 3.63) is 68.6 Å². The highest BCUT2D eigenvalue weighted by Crippen LogP contribution is 2.33. The highest BCUT2D eigenvalue weighted by Gasteiger charge is 2.15. The van der Waals surface area contributed by atoms with Gasteiger partial charge in [0, 0.05) is 21.3 Å². The Hall–Kier alpha value is -2.44. The van der Waals surface area contributed by atoms with Crippen molar-refractivity contribution in [3.63, 3.8) is 0 Å². The molecule has 0 unspecified atom stereocenters. The summed E-state index contributed by atoms with van der Waals surface area (Å²) in [5, 5.41) is 1.33. The molecule has 4 aromatic rings. The van der Waals surface area contributed by atoms with Crippen molar-refractivity contribution in [2.75, 3.05) is 0 Å². The van der Waals surface area contributed by atoms with Crippen LogP contribution in [0, 0.1) is 0 Å². The van der Waals surface area contributed by atoms with Crippen LogP contribution >= 0.6 is 22.9 Å². The second kappa shape index (κ2) is 4.79. The minimum atomic E-state index is -0.495. The third-order valence-corrected chi connectivity index (χ3v) is 4.78. The summed E-state index contributed by atoms with van der Waals surface area (Å²) in [6.45, 7) is 0. The number of hydrogen-bond donors (Lipinski definition) is 1. The lowest BCUT2D eigenvalue weighted by Gasteiger charge is -2.06. The number of H-pyrrole nitrogens is 1. The van der Waals surface area contributed by atoms with Gasteiger partial charge in [0.25, 0.3) is 5.56 Å². The van der Waals surface area contributed by atoms with Gasteiger partial charge in [0.2, 0.25) is 0 Å². The van der Waals surface area contributed by atoms with E-state index >= 15 is 0 Å². The summed E-state index contributed by atoms with van der Waals surface area (Å²) < 4.78 is 2.84. The SMILES string of the molecule is O=c1[nH]c(=O)n(-c2cccnc2)c2c1sc1ccc(Cl)cc12. The van der Waals surface area contributed by atoms with Crippen LogP contribution in [0.3, 0.4) is 0 Å². The van der Waals surface area contributed by atoms with E-state index in [2.05, 4.69) is 9.97 Å². The molecule has 1 N–H and O–H groups in total. The first kappa shape index (κ1) is 13.2. The van der Waals surface area contributed by atoms with Crippen LogP contribution in [0.25, 0.3) is 26.0 Å². The first-order valence-electron chi connectivity index (χ1n) is 6.42. The van der Waals surface area contributed by atoms with E-state index in [9.17, 15) is 9.59 Å². The topological polar surface area (TPSA) is 67.8 Å². The predicted molar refractivity (Wildman–Crippen MR) is 88.4 cm³/mol. The van der Waals surface area contributed by atoms with Gasteiger partial charge in [-0.3, -0.25) is 19.3 Å². The summed E-state index contributed by atoms with van der Waals surface area (Å²) in [5.41, 5.74) is 0.264. The third-order valence-electron chi connectivity index (χ3n) is 3.38. The molecule has 3 aromatic heterocycles. The molecule has 0 atom stereocenters. The van der Waals surface area contributed by atoms with Gasteiger partial charge in [-0.15, -0.1) is 11.3 Å². The van der Waals surface area contributed by atoms with Gasteiger partial charge in [-0.25, -0.2) is 4.79 Å². The average Bonchev–Trinajstić information content (AvgIpc) is 2.88. The maximum absolute atomic E-state index is 12.3. The number of fused-ring (bicyclic) bond motifs is 3. The second-order valence-corrected chi connectivity index (χ2v) is 6.21. The number of hydrogen-bond acceptors (Lipinski definition) is 4. The van der Waals surface area contributed by atoms with Gasteiger partial charge in [0.1, 0.15) is 4.70 Å². The fourth-order valence-electron chi connectivity index (χ4n) is 2.48. The quantitative estimate of drug-likeness (QED) is 0.584. The third kappa shape index (κ3) is 1.88. The van der Waals surface area contributed by atoms with E-state index in [1.807, 2.05) is 6.07 Å². The first-order chi connectivity index (χ1) is 10.6. The van der Waals surface area contributed by atoms with Gasteiger partial charge in [0.05, 0.1) is 17.4 Å². The van der Waals surface area contributed by atoms with Gasteiger partial charge in [-0.2, -0.15) is 0 Å². The fraction of sp³-hybridized carbons (Fsp3) is 0. The molecule has 0 fully saturated rings. The molecule has 0 aliphatic heterocycles. The Morgan fingerprint density at radius 2 is 2.09 bits per heavy atom. The molecule has 0 aliphatic carbocycles. The summed E-state index contributed by atoms with van der Waals surface area (Å²) in [7, 11) is 0. The number of rotatable bonds is 1. The standard InChI is InChI=1S/C15H8ClN3O2S/c16-8-3-4-11-10(6-8)12-13(22-11)14(20)18-15(21)19(12)9-2-1-5-17-7-9/h1-7H,(H,18,20,21). The molecule has 0 saturated carbocycles. The molecule has 0 amide bonds. The van der Waals surface area contributed by atoms with Crippen LogP contribution in [-0.2, 0) is 0 Å². The molecule has 0 saturated heterocycles. The molecule has 0 aliphatic rings. The van der Waals surface area contributed by atoms with Gasteiger partial charge in [0.15, 0.2) is 0 Å². The Morgan fingerprint density at radius 1 is 1.23 bits per heavy atom. The molecule has 108 valence electrons. The Labute approximate surface area is 132 Å². The molecule has 0 radical (unpaired) electrons. The molecular formula is C15H8ClN3O2S. The van der Waals surface area contributed by atoms with E-state index in [4.69, 9.17) is 11.6 Å². The Bertz CT molecular complexity index is 1130. The van der Waals surface area contributed by atoms with Crippen LogP contribution in [0.1, 0.15) is 0 Å². The number of pyridine rings is 1. The number of halogens is 1. The highest BCUT2D eigenvalue weighted by molar-refractivity contribution is 7.25. The lowest BCUT2D eigenvalue weighted by Crippen LogP contribution is -2.28. The van der Waals surface area contributed by atoms with E-state index in [1.165, 1.54) is 15.9 Å². The van der Waals surface area contributed by atoms with Crippen LogP contribution in [0.5, 0.6) is 0 Å². The van der Waals surface area contributed by atoms with Crippen molar-refractivity contribution in [1.82, 2.24) is 14.5 Å². The number of nitrogens with one attached hydrogen (secondary N) is 1. The minimum absolute atomic E-state index is 0.391. The number of benzene rings is 1. The maximum Gasteiger partial charge on any atom is 0.333 e. The Kier molecular flexibility index (Phi) is 2.88. The summed E-state index contributed by atoms with van der Waals surface area (Å²) in [6.07, 6.45) is 3.20. The molecule has 5 nitrogen and oxygen atoms in total. The van der Waals surface area contributed by atoms with E-state index < -0.39 is 11.2 Å². The van der Waals surface area contributed by atoms with Crippen LogP contribution in [0.4, 0.5) is 0 Å². The summed E-state index contributed by atoms with van der Waals surface area (Å²) in [4.78, 5) is 30.9. The number of aromatic amines is 1. The minimum Gasteiger partial charge on any atom is -0.272 e.